The van der Waals surface area contributed by atoms with Crippen LogP contribution in [0.2, 0.25) is 5.15 Å². The first-order chi connectivity index (χ1) is 16.3. The maximum Gasteiger partial charge on any atom is 0.356 e. The van der Waals surface area contributed by atoms with E-state index >= 15 is 0 Å². The zero-order valence-corrected chi connectivity index (χ0v) is 19.9. The summed E-state index contributed by atoms with van der Waals surface area (Å²) in [5, 5.41) is 22.7. The molecule has 2 fully saturated rings. The van der Waals surface area contributed by atoms with Crippen LogP contribution in [-0.2, 0) is 0 Å². The number of anilines is 2. The zero-order chi connectivity index (χ0) is 24.0. The molecule has 2 aromatic heterocycles. The number of rotatable bonds is 5. The number of carboxylic acids is 1. The van der Waals surface area contributed by atoms with Crippen LogP contribution in [0.15, 0.2) is 24.3 Å². The molecule has 2 N–H and O–H groups in total. The Bertz CT molecular complexity index is 1340. The smallest absolute Gasteiger partial charge is 0.356 e. The molecule has 0 amide bonds. The molecule has 3 aromatic rings. The molecule has 1 aliphatic carbocycles. The van der Waals surface area contributed by atoms with E-state index < -0.39 is 5.97 Å². The van der Waals surface area contributed by atoms with Crippen LogP contribution >= 0.6 is 11.6 Å². The van der Waals surface area contributed by atoms with Crippen molar-refractivity contribution in [1.29, 1.82) is 5.26 Å². The third kappa shape index (κ3) is 4.12. The van der Waals surface area contributed by atoms with E-state index in [1.165, 1.54) is 12.8 Å². The van der Waals surface area contributed by atoms with E-state index in [1.807, 2.05) is 26.0 Å². The lowest BCUT2D eigenvalue weighted by atomic mass is 9.93. The normalized spacial score (nSPS) is 17.4. The van der Waals surface area contributed by atoms with Gasteiger partial charge in [-0.2, -0.15) is 5.26 Å². The molecule has 5 rings (SSSR count). The van der Waals surface area contributed by atoms with E-state index in [4.69, 9.17) is 16.6 Å². The number of nitrogens with zero attached hydrogens (tertiary/aromatic N) is 5. The predicted octanol–water partition coefficient (Wildman–Crippen LogP) is 5.11. The number of hydrogen-bond acceptors (Lipinski definition) is 7. The Balaban J connectivity index is 1.54. The van der Waals surface area contributed by atoms with E-state index in [0.29, 0.717) is 33.6 Å². The summed E-state index contributed by atoms with van der Waals surface area (Å²) in [6.07, 6.45) is 4.86. The van der Waals surface area contributed by atoms with E-state index in [1.54, 1.807) is 12.1 Å². The molecule has 1 aliphatic heterocycles. The number of halogens is 1. The molecule has 174 valence electrons. The molecule has 1 aromatic carbocycles. The minimum Gasteiger partial charge on any atom is -0.476 e. The molecule has 0 radical (unpaired) electrons. The summed E-state index contributed by atoms with van der Waals surface area (Å²) in [6, 6.07) is 9.04. The highest BCUT2D eigenvalue weighted by molar-refractivity contribution is 6.29. The first-order valence-electron chi connectivity index (χ1n) is 11.4. The van der Waals surface area contributed by atoms with Crippen molar-refractivity contribution in [3.05, 3.63) is 51.9 Å². The van der Waals surface area contributed by atoms with Gasteiger partial charge in [0.05, 0.1) is 22.8 Å². The molecule has 1 atom stereocenters. The van der Waals surface area contributed by atoms with Crippen LogP contribution in [-0.4, -0.2) is 39.1 Å². The SMILES string of the molecule is Cc1cc([C@@H](C)Nc2ccc(Cl)nc2C(=O)O)c2nc(N3CCC4(CC3)CC4)c(C#N)nc2c1. The Labute approximate surface area is 202 Å². The average Bonchev–Trinajstić information content (AvgIpc) is 3.57. The molecule has 34 heavy (non-hydrogen) atoms. The van der Waals surface area contributed by atoms with Crippen molar-refractivity contribution in [3.8, 4) is 6.07 Å². The van der Waals surface area contributed by atoms with Crippen molar-refractivity contribution in [2.75, 3.05) is 23.3 Å². The fourth-order valence-electron chi connectivity index (χ4n) is 4.84. The van der Waals surface area contributed by atoms with E-state index in [0.717, 1.165) is 37.1 Å². The predicted molar refractivity (Wildman–Crippen MR) is 130 cm³/mol. The van der Waals surface area contributed by atoms with Crippen molar-refractivity contribution in [3.63, 3.8) is 0 Å². The van der Waals surface area contributed by atoms with Crippen LogP contribution in [0.5, 0.6) is 0 Å². The van der Waals surface area contributed by atoms with Crippen molar-refractivity contribution >= 4 is 40.1 Å². The van der Waals surface area contributed by atoms with Crippen LogP contribution in [0.4, 0.5) is 11.5 Å². The molecule has 1 saturated heterocycles. The maximum atomic E-state index is 11.7. The van der Waals surface area contributed by atoms with Crippen molar-refractivity contribution in [2.45, 2.75) is 45.6 Å². The fourth-order valence-corrected chi connectivity index (χ4v) is 4.99. The molecule has 3 heterocycles. The van der Waals surface area contributed by atoms with Crippen LogP contribution in [0.1, 0.15) is 66.0 Å². The monoisotopic (exact) mass is 476 g/mol. The largest absolute Gasteiger partial charge is 0.476 e. The van der Waals surface area contributed by atoms with Gasteiger partial charge in [-0.25, -0.2) is 19.7 Å². The second-order valence-corrected chi connectivity index (χ2v) is 9.81. The van der Waals surface area contributed by atoms with Crippen LogP contribution in [0.3, 0.4) is 0 Å². The summed E-state index contributed by atoms with van der Waals surface area (Å²) < 4.78 is 0. The Hall–Kier alpha value is -3.44. The molecule has 8 nitrogen and oxygen atoms in total. The van der Waals surface area contributed by atoms with Gasteiger partial charge >= 0.3 is 5.97 Å². The third-order valence-corrected chi connectivity index (χ3v) is 7.22. The number of aromatic carboxylic acids is 1. The average molecular weight is 477 g/mol. The number of pyridine rings is 1. The van der Waals surface area contributed by atoms with Crippen molar-refractivity contribution in [2.24, 2.45) is 5.41 Å². The number of benzene rings is 1. The highest BCUT2D eigenvalue weighted by atomic mass is 35.5. The van der Waals surface area contributed by atoms with Crippen LogP contribution in [0, 0.1) is 23.7 Å². The van der Waals surface area contributed by atoms with Gasteiger partial charge in [-0.1, -0.05) is 17.7 Å². The minimum absolute atomic E-state index is 0.116. The number of piperidine rings is 1. The highest BCUT2D eigenvalue weighted by Gasteiger charge is 2.44. The summed E-state index contributed by atoms with van der Waals surface area (Å²) in [6.45, 7) is 5.65. The number of aromatic nitrogens is 3. The molecule has 1 spiro atoms. The lowest BCUT2D eigenvalue weighted by molar-refractivity contribution is 0.0691. The second kappa shape index (κ2) is 8.41. The number of fused-ring (bicyclic) bond motifs is 1. The van der Waals surface area contributed by atoms with Crippen molar-refractivity contribution in [1.82, 2.24) is 15.0 Å². The van der Waals surface area contributed by atoms with Gasteiger partial charge in [-0.05, 0) is 68.7 Å². The summed E-state index contributed by atoms with van der Waals surface area (Å²) in [4.78, 5) is 27.4. The Morgan fingerprint density at radius 2 is 1.94 bits per heavy atom. The zero-order valence-electron chi connectivity index (χ0n) is 19.1. The van der Waals surface area contributed by atoms with Gasteiger partial charge in [0.1, 0.15) is 11.2 Å². The lowest BCUT2D eigenvalue weighted by Crippen LogP contribution is -2.35. The van der Waals surface area contributed by atoms with Crippen LogP contribution in [0.25, 0.3) is 11.0 Å². The maximum absolute atomic E-state index is 11.7. The molecule has 2 aliphatic rings. The summed E-state index contributed by atoms with van der Waals surface area (Å²) in [5.41, 5.74) is 4.27. The van der Waals surface area contributed by atoms with Gasteiger partial charge in [0.25, 0.3) is 0 Å². The summed E-state index contributed by atoms with van der Waals surface area (Å²) in [5.74, 6) is -0.534. The number of nitrogens with one attached hydrogen (secondary N) is 1. The molecule has 0 bridgehead atoms. The molecule has 9 heteroatoms. The summed E-state index contributed by atoms with van der Waals surface area (Å²) in [7, 11) is 0. The van der Waals surface area contributed by atoms with Gasteiger partial charge in [0.15, 0.2) is 17.2 Å². The number of carboxylic acid groups (broad SMARTS) is 1. The molecule has 0 unspecified atom stereocenters. The number of aryl methyl sites for hydroxylation is 1. The third-order valence-electron chi connectivity index (χ3n) is 7.01. The summed E-state index contributed by atoms with van der Waals surface area (Å²) >= 11 is 5.90. The molecular formula is C25H25ClN6O2. The van der Waals surface area contributed by atoms with Gasteiger partial charge in [-0.3, -0.25) is 0 Å². The van der Waals surface area contributed by atoms with Gasteiger partial charge in [0.2, 0.25) is 0 Å². The van der Waals surface area contributed by atoms with E-state index in [2.05, 4.69) is 26.3 Å². The second-order valence-electron chi connectivity index (χ2n) is 9.42. The Morgan fingerprint density at radius 3 is 2.59 bits per heavy atom. The fraction of sp³-hybridized carbons (Fsp3) is 0.400. The van der Waals surface area contributed by atoms with E-state index in [9.17, 15) is 15.2 Å². The molecular weight excluding hydrogens is 452 g/mol. The first kappa shape index (κ1) is 22.4. The quantitative estimate of drug-likeness (QED) is 0.488. The van der Waals surface area contributed by atoms with Gasteiger partial charge < -0.3 is 15.3 Å². The molecule has 1 saturated carbocycles. The van der Waals surface area contributed by atoms with Gasteiger partial charge in [0, 0.05) is 18.7 Å². The van der Waals surface area contributed by atoms with Gasteiger partial charge in [-0.15, -0.1) is 0 Å². The first-order valence-corrected chi connectivity index (χ1v) is 11.8. The lowest BCUT2D eigenvalue weighted by Gasteiger charge is -2.33. The minimum atomic E-state index is -1.16. The standard InChI is InChI=1S/C25H25ClN6O2/c1-14-11-16(15(2)28-17-3-4-20(26)30-22(17)24(33)34)21-18(12-14)29-19(13-27)23(31-21)32-9-7-25(5-6-25)8-10-32/h3-4,11-12,15,28H,5-10H2,1-2H3,(H,33,34)/t15-/m1/s1. The van der Waals surface area contributed by atoms with Crippen LogP contribution < -0.4 is 10.2 Å². The topological polar surface area (TPSA) is 115 Å². The Morgan fingerprint density at radius 1 is 1.21 bits per heavy atom. The number of hydrogen-bond donors (Lipinski definition) is 2. The number of nitriles is 1. The number of carbonyl (C=O) groups is 1. The van der Waals surface area contributed by atoms with Crippen molar-refractivity contribution < 1.29 is 9.90 Å². The van der Waals surface area contributed by atoms with E-state index in [-0.39, 0.29) is 16.9 Å². The highest BCUT2D eigenvalue weighted by Crippen LogP contribution is 2.54. The Kier molecular flexibility index (Phi) is 5.53.